The van der Waals surface area contributed by atoms with Gasteiger partial charge in [-0.1, -0.05) is 31.4 Å². The minimum Gasteiger partial charge on any atom is -0.379 e. The van der Waals surface area contributed by atoms with E-state index in [-0.39, 0.29) is 41.5 Å². The van der Waals surface area contributed by atoms with Crippen molar-refractivity contribution < 1.29 is 22.2 Å². The van der Waals surface area contributed by atoms with Gasteiger partial charge in [-0.05, 0) is 68.1 Å². The number of amides is 2. The molecule has 1 fully saturated rings. The summed E-state index contributed by atoms with van der Waals surface area (Å²) in [6.45, 7) is 3.75. The fraction of sp³-hybridized carbons (Fsp3) is 0.417. The molecule has 0 saturated heterocycles. The lowest BCUT2D eigenvalue weighted by atomic mass is 9.95. The first kappa shape index (κ1) is 23.8. The van der Waals surface area contributed by atoms with Crippen molar-refractivity contribution in [3.05, 3.63) is 59.2 Å². The summed E-state index contributed by atoms with van der Waals surface area (Å²) in [4.78, 5) is 24.5. The Bertz CT molecular complexity index is 1060. The van der Waals surface area contributed by atoms with Crippen LogP contribution >= 0.6 is 0 Å². The molecule has 0 aromatic heterocycles. The molecule has 2 aromatic rings. The van der Waals surface area contributed by atoms with Crippen molar-refractivity contribution in [3.8, 4) is 5.75 Å². The lowest BCUT2D eigenvalue weighted by Gasteiger charge is -2.22. The number of aryl methyl sites for hydroxylation is 2. The molecule has 0 bridgehead atoms. The van der Waals surface area contributed by atoms with E-state index in [4.69, 9.17) is 4.18 Å². The van der Waals surface area contributed by atoms with Gasteiger partial charge in [0.1, 0.15) is 10.6 Å². The van der Waals surface area contributed by atoms with Crippen LogP contribution in [0.4, 0.5) is 0 Å². The molecular weight excluding hydrogens is 428 g/mol. The summed E-state index contributed by atoms with van der Waals surface area (Å²) in [6.07, 6.45) is 5.78. The first-order valence-electron chi connectivity index (χ1n) is 10.9. The van der Waals surface area contributed by atoms with E-state index in [1.54, 1.807) is 19.1 Å². The highest BCUT2D eigenvalue weighted by Gasteiger charge is 2.20. The molecule has 3 rings (SSSR count). The number of carbonyl (C=O) groups excluding carboxylic acids is 2. The number of hydrogen-bond donors (Lipinski definition) is 2. The molecule has 0 radical (unpaired) electrons. The van der Waals surface area contributed by atoms with Gasteiger partial charge in [-0.3, -0.25) is 9.59 Å². The van der Waals surface area contributed by atoms with E-state index in [1.165, 1.54) is 30.7 Å². The maximum absolute atomic E-state index is 12.6. The number of hydrogen-bond acceptors (Lipinski definition) is 5. The van der Waals surface area contributed by atoms with E-state index in [0.717, 1.165) is 31.2 Å². The van der Waals surface area contributed by atoms with Crippen molar-refractivity contribution in [2.75, 3.05) is 6.54 Å². The van der Waals surface area contributed by atoms with Gasteiger partial charge < -0.3 is 14.8 Å². The number of carbonyl (C=O) groups is 2. The van der Waals surface area contributed by atoms with Crippen molar-refractivity contribution in [2.45, 2.75) is 63.3 Å². The average Bonchev–Trinajstić information content (AvgIpc) is 2.76. The Kier molecular flexibility index (Phi) is 7.90. The molecule has 1 aliphatic rings. The van der Waals surface area contributed by atoms with E-state index in [2.05, 4.69) is 10.6 Å². The van der Waals surface area contributed by atoms with Gasteiger partial charge in [-0.15, -0.1) is 0 Å². The number of benzene rings is 2. The third-order valence-corrected chi connectivity index (χ3v) is 6.93. The number of nitrogens with one attached hydrogen (secondary N) is 2. The van der Waals surface area contributed by atoms with Gasteiger partial charge in [0.05, 0.1) is 0 Å². The molecule has 0 unspecified atom stereocenters. The summed E-state index contributed by atoms with van der Waals surface area (Å²) in [6, 6.07) is 11.2. The molecule has 2 N–H and O–H groups in total. The van der Waals surface area contributed by atoms with Crippen LogP contribution in [-0.4, -0.2) is 32.8 Å². The molecule has 0 aliphatic heterocycles. The maximum Gasteiger partial charge on any atom is 0.339 e. The van der Waals surface area contributed by atoms with Gasteiger partial charge in [0.15, 0.2) is 0 Å². The van der Waals surface area contributed by atoms with Crippen LogP contribution in [0, 0.1) is 13.8 Å². The quantitative estimate of drug-likeness (QED) is 0.588. The van der Waals surface area contributed by atoms with Crippen LogP contribution in [0.15, 0.2) is 47.4 Å². The van der Waals surface area contributed by atoms with Gasteiger partial charge >= 0.3 is 10.1 Å². The molecule has 0 atom stereocenters. The first-order chi connectivity index (χ1) is 15.2. The van der Waals surface area contributed by atoms with Gasteiger partial charge in [-0.2, -0.15) is 8.42 Å². The van der Waals surface area contributed by atoms with Crippen LogP contribution in [0.5, 0.6) is 5.75 Å². The Morgan fingerprint density at radius 2 is 1.69 bits per heavy atom. The summed E-state index contributed by atoms with van der Waals surface area (Å²) in [7, 11) is -3.98. The second-order valence-corrected chi connectivity index (χ2v) is 9.75. The Labute approximate surface area is 189 Å². The molecule has 32 heavy (non-hydrogen) atoms. The highest BCUT2D eigenvalue weighted by molar-refractivity contribution is 7.87. The molecule has 8 heteroatoms. The summed E-state index contributed by atoms with van der Waals surface area (Å²) in [5, 5.41) is 5.73. The van der Waals surface area contributed by atoms with Crippen LogP contribution in [-0.2, 0) is 14.9 Å². The van der Waals surface area contributed by atoms with Crippen LogP contribution in [0.3, 0.4) is 0 Å². The summed E-state index contributed by atoms with van der Waals surface area (Å²) >= 11 is 0. The van der Waals surface area contributed by atoms with Crippen LogP contribution in [0.1, 0.15) is 60.0 Å². The standard InChI is InChI=1S/C24H30N2O5S/c1-17-8-9-18(2)22(16-17)32(29,30)31-21-12-10-19(11-13-21)24(28)25-15-14-23(27)26-20-6-4-3-5-7-20/h8-13,16,20H,3-7,14-15H2,1-2H3,(H,25,28)(H,26,27). The van der Waals surface area contributed by atoms with E-state index in [9.17, 15) is 18.0 Å². The molecule has 1 saturated carbocycles. The van der Waals surface area contributed by atoms with E-state index >= 15 is 0 Å². The SMILES string of the molecule is Cc1ccc(C)c(S(=O)(=O)Oc2ccc(C(=O)NCCC(=O)NC3CCCCC3)cc2)c1. The van der Waals surface area contributed by atoms with Crippen molar-refractivity contribution >= 4 is 21.9 Å². The van der Waals surface area contributed by atoms with Crippen molar-refractivity contribution in [1.82, 2.24) is 10.6 Å². The normalized spacial score (nSPS) is 14.6. The monoisotopic (exact) mass is 458 g/mol. The third-order valence-electron chi connectivity index (χ3n) is 5.54. The van der Waals surface area contributed by atoms with E-state index in [1.807, 2.05) is 13.0 Å². The Morgan fingerprint density at radius 1 is 1.00 bits per heavy atom. The predicted octanol–water partition coefficient (Wildman–Crippen LogP) is 3.64. The van der Waals surface area contributed by atoms with Gasteiger partial charge in [-0.25, -0.2) is 0 Å². The Morgan fingerprint density at radius 3 is 2.38 bits per heavy atom. The topological polar surface area (TPSA) is 102 Å². The smallest absolute Gasteiger partial charge is 0.339 e. The average molecular weight is 459 g/mol. The van der Waals surface area contributed by atoms with E-state index in [0.29, 0.717) is 11.1 Å². The Hall–Kier alpha value is -2.87. The zero-order valence-electron chi connectivity index (χ0n) is 18.5. The molecule has 172 valence electrons. The summed E-state index contributed by atoms with van der Waals surface area (Å²) in [5.74, 6) is -0.272. The van der Waals surface area contributed by atoms with Gasteiger partial charge in [0.25, 0.3) is 5.91 Å². The first-order valence-corrected chi connectivity index (χ1v) is 12.3. The van der Waals surface area contributed by atoms with Gasteiger partial charge in [0.2, 0.25) is 5.91 Å². The minimum absolute atomic E-state index is 0.0578. The second kappa shape index (κ2) is 10.6. The molecule has 7 nitrogen and oxygen atoms in total. The van der Waals surface area contributed by atoms with Gasteiger partial charge in [0, 0.05) is 24.6 Å². The van der Waals surface area contributed by atoms with Crippen LogP contribution in [0.2, 0.25) is 0 Å². The fourth-order valence-corrected chi connectivity index (χ4v) is 5.00. The van der Waals surface area contributed by atoms with Crippen molar-refractivity contribution in [3.63, 3.8) is 0 Å². The highest BCUT2D eigenvalue weighted by atomic mass is 32.2. The second-order valence-electron chi connectivity index (χ2n) is 8.24. The summed E-state index contributed by atoms with van der Waals surface area (Å²) < 4.78 is 30.4. The lowest BCUT2D eigenvalue weighted by Crippen LogP contribution is -2.38. The van der Waals surface area contributed by atoms with Crippen LogP contribution < -0.4 is 14.8 Å². The molecule has 2 aromatic carbocycles. The Balaban J connectivity index is 1.50. The van der Waals surface area contributed by atoms with Crippen LogP contribution in [0.25, 0.3) is 0 Å². The molecule has 0 heterocycles. The number of rotatable bonds is 8. The molecule has 2 amide bonds. The predicted molar refractivity (Wildman–Crippen MR) is 122 cm³/mol. The lowest BCUT2D eigenvalue weighted by molar-refractivity contribution is -0.121. The van der Waals surface area contributed by atoms with Crippen molar-refractivity contribution in [2.24, 2.45) is 0 Å². The fourth-order valence-electron chi connectivity index (χ4n) is 3.75. The highest BCUT2D eigenvalue weighted by Crippen LogP contribution is 2.23. The van der Waals surface area contributed by atoms with Crippen molar-refractivity contribution in [1.29, 1.82) is 0 Å². The zero-order valence-corrected chi connectivity index (χ0v) is 19.3. The molecular formula is C24H30N2O5S. The minimum atomic E-state index is -3.98. The molecule has 0 spiro atoms. The maximum atomic E-state index is 12.6. The summed E-state index contributed by atoms with van der Waals surface area (Å²) in [5.41, 5.74) is 1.77. The third kappa shape index (κ3) is 6.56. The molecule has 1 aliphatic carbocycles. The van der Waals surface area contributed by atoms with E-state index < -0.39 is 10.1 Å². The zero-order chi connectivity index (χ0) is 23.1. The largest absolute Gasteiger partial charge is 0.379 e.